The second-order valence-corrected chi connectivity index (χ2v) is 11.6. The van der Waals surface area contributed by atoms with E-state index in [4.69, 9.17) is 20.8 Å². The largest absolute Gasteiger partial charge is 0.489 e. The molecule has 2 heterocycles. The molecule has 1 N–H and O–H groups in total. The highest BCUT2D eigenvalue weighted by atomic mass is 35.5. The summed E-state index contributed by atoms with van der Waals surface area (Å²) >= 11 is 6.13. The monoisotopic (exact) mass is 582 g/mol. The van der Waals surface area contributed by atoms with Crippen molar-refractivity contribution in [1.82, 2.24) is 9.71 Å². The number of benzene rings is 4. The fraction of sp³-hybridized carbons (Fsp3) is 0.0625. The number of aryl methyl sites for hydroxylation is 1. The zero-order chi connectivity index (χ0) is 28.6. The predicted molar refractivity (Wildman–Crippen MR) is 159 cm³/mol. The molecule has 0 atom stereocenters. The lowest BCUT2D eigenvalue weighted by molar-refractivity contribution is 0.0981. The van der Waals surface area contributed by atoms with Crippen molar-refractivity contribution in [2.24, 2.45) is 0 Å². The van der Waals surface area contributed by atoms with Crippen molar-refractivity contribution < 1.29 is 22.4 Å². The van der Waals surface area contributed by atoms with Crippen LogP contribution in [0.15, 0.2) is 112 Å². The first kappa shape index (κ1) is 26.6. The van der Waals surface area contributed by atoms with Gasteiger partial charge in [0.05, 0.1) is 10.4 Å². The summed E-state index contributed by atoms with van der Waals surface area (Å²) in [6.45, 7) is 1.85. The topological polar surface area (TPSA) is 98.5 Å². The Bertz CT molecular complexity index is 2050. The first-order chi connectivity index (χ1) is 19.7. The van der Waals surface area contributed by atoms with Gasteiger partial charge in [0.15, 0.2) is 5.76 Å². The van der Waals surface area contributed by atoms with Crippen LogP contribution in [0, 0.1) is 6.92 Å². The summed E-state index contributed by atoms with van der Waals surface area (Å²) in [4.78, 5) is 17.5. The van der Waals surface area contributed by atoms with Crippen LogP contribution >= 0.6 is 11.6 Å². The zero-order valence-corrected chi connectivity index (χ0v) is 23.4. The van der Waals surface area contributed by atoms with Crippen LogP contribution in [0.25, 0.3) is 33.3 Å². The van der Waals surface area contributed by atoms with Crippen molar-refractivity contribution in [3.63, 3.8) is 0 Å². The van der Waals surface area contributed by atoms with Crippen LogP contribution in [-0.4, -0.2) is 19.3 Å². The van der Waals surface area contributed by atoms with Crippen molar-refractivity contribution in [1.29, 1.82) is 0 Å². The fourth-order valence-corrected chi connectivity index (χ4v) is 5.92. The van der Waals surface area contributed by atoms with E-state index in [9.17, 15) is 13.2 Å². The molecular weight excluding hydrogens is 560 g/mol. The number of rotatable bonds is 7. The van der Waals surface area contributed by atoms with Gasteiger partial charge in [-0.25, -0.2) is 18.1 Å². The highest BCUT2D eigenvalue weighted by Crippen LogP contribution is 2.31. The van der Waals surface area contributed by atoms with E-state index in [2.05, 4.69) is 9.71 Å². The van der Waals surface area contributed by atoms with Crippen LogP contribution in [0.5, 0.6) is 5.75 Å². The van der Waals surface area contributed by atoms with E-state index in [1.54, 1.807) is 55.5 Å². The number of amides is 1. The number of sulfonamides is 1. The number of ether oxygens (including phenoxy) is 1. The molecule has 0 fully saturated rings. The predicted octanol–water partition coefficient (Wildman–Crippen LogP) is 7.31. The molecule has 0 aliphatic carbocycles. The molecule has 6 rings (SSSR count). The molecule has 41 heavy (non-hydrogen) atoms. The van der Waals surface area contributed by atoms with Gasteiger partial charge >= 0.3 is 0 Å². The minimum absolute atomic E-state index is 0.0615. The maximum atomic E-state index is 12.8. The van der Waals surface area contributed by atoms with E-state index in [1.807, 2.05) is 48.5 Å². The third-order valence-corrected chi connectivity index (χ3v) is 8.33. The Morgan fingerprint density at radius 1 is 0.902 bits per heavy atom. The average molecular weight is 583 g/mol. The standard InChI is InChI=1S/C32H23ClN2O5S/c1-20-5-2-3-8-31(20)41(37,38)35-32(36)23-7-4-6-21(15-23)19-39-26-12-14-29-24(16-26)17-30(40-29)27-13-10-22-9-11-25(33)18-28(22)34-27/h2-18H,19H2,1H3,(H,35,36). The maximum Gasteiger partial charge on any atom is 0.265 e. The number of nitrogens with one attached hydrogen (secondary N) is 1. The van der Waals surface area contributed by atoms with Crippen LogP contribution in [-0.2, 0) is 16.6 Å². The van der Waals surface area contributed by atoms with Crippen molar-refractivity contribution >= 4 is 49.4 Å². The van der Waals surface area contributed by atoms with E-state index >= 15 is 0 Å². The summed E-state index contributed by atoms with van der Waals surface area (Å²) < 4.78 is 39.6. The Morgan fingerprint density at radius 2 is 1.73 bits per heavy atom. The number of hydrogen-bond acceptors (Lipinski definition) is 6. The smallest absolute Gasteiger partial charge is 0.265 e. The van der Waals surface area contributed by atoms with Gasteiger partial charge in [-0.05, 0) is 78.7 Å². The number of carbonyl (C=O) groups excluding carboxylic acids is 1. The Balaban J connectivity index is 1.16. The van der Waals surface area contributed by atoms with E-state index in [0.29, 0.717) is 38.9 Å². The normalized spacial score (nSPS) is 11.6. The maximum absolute atomic E-state index is 12.8. The van der Waals surface area contributed by atoms with E-state index in [0.717, 1.165) is 16.3 Å². The SMILES string of the molecule is Cc1ccccc1S(=O)(=O)NC(=O)c1cccc(COc2ccc3oc(-c4ccc5ccc(Cl)cc5n4)cc3c2)c1. The number of fused-ring (bicyclic) bond motifs is 2. The summed E-state index contributed by atoms with van der Waals surface area (Å²) in [5.74, 6) is 0.519. The Labute approximate surface area is 241 Å². The van der Waals surface area contributed by atoms with Crippen molar-refractivity contribution in [2.45, 2.75) is 18.4 Å². The number of hydrogen-bond donors (Lipinski definition) is 1. The highest BCUT2D eigenvalue weighted by Gasteiger charge is 2.20. The molecule has 0 bridgehead atoms. The molecule has 204 valence electrons. The van der Waals surface area contributed by atoms with E-state index in [-0.39, 0.29) is 17.1 Å². The number of nitrogens with zero attached hydrogens (tertiary/aromatic N) is 1. The number of aromatic nitrogens is 1. The van der Waals surface area contributed by atoms with Crippen LogP contribution in [0.3, 0.4) is 0 Å². The minimum atomic E-state index is -4.01. The molecule has 6 aromatic rings. The van der Waals surface area contributed by atoms with E-state index in [1.165, 1.54) is 6.07 Å². The van der Waals surface area contributed by atoms with Crippen LogP contribution in [0.1, 0.15) is 21.5 Å². The molecule has 0 saturated heterocycles. The van der Waals surface area contributed by atoms with E-state index < -0.39 is 15.9 Å². The summed E-state index contributed by atoms with van der Waals surface area (Å²) in [7, 11) is -4.01. The number of halogens is 1. The number of pyridine rings is 1. The van der Waals surface area contributed by atoms with Gasteiger partial charge in [-0.3, -0.25) is 4.79 Å². The molecule has 9 heteroatoms. The third-order valence-electron chi connectivity index (χ3n) is 6.60. The second kappa shape index (κ2) is 10.7. The van der Waals surface area contributed by atoms with Gasteiger partial charge in [0.25, 0.3) is 15.9 Å². The Kier molecular flexibility index (Phi) is 6.95. The highest BCUT2D eigenvalue weighted by molar-refractivity contribution is 7.90. The molecule has 1 amide bonds. The molecule has 2 aromatic heterocycles. The van der Waals surface area contributed by atoms with Crippen LogP contribution in [0.4, 0.5) is 0 Å². The summed E-state index contributed by atoms with van der Waals surface area (Å²) in [6, 6.07) is 30.0. The second-order valence-electron chi connectivity index (χ2n) is 9.53. The lowest BCUT2D eigenvalue weighted by Crippen LogP contribution is -2.31. The Hall–Kier alpha value is -4.66. The molecule has 0 aliphatic heterocycles. The van der Waals surface area contributed by atoms with Crippen molar-refractivity contribution in [2.75, 3.05) is 0 Å². The lowest BCUT2D eigenvalue weighted by atomic mass is 10.1. The van der Waals surface area contributed by atoms with Gasteiger partial charge in [-0.1, -0.05) is 54.1 Å². The van der Waals surface area contributed by atoms with Gasteiger partial charge < -0.3 is 9.15 Å². The molecular formula is C32H23ClN2O5S. The van der Waals surface area contributed by atoms with Crippen LogP contribution < -0.4 is 9.46 Å². The number of furan rings is 1. The molecule has 0 spiro atoms. The Morgan fingerprint density at radius 3 is 2.59 bits per heavy atom. The molecule has 0 saturated carbocycles. The molecule has 0 unspecified atom stereocenters. The summed E-state index contributed by atoms with van der Waals surface area (Å²) in [5.41, 5.74) is 3.63. The van der Waals surface area contributed by atoms with Crippen molar-refractivity contribution in [3.8, 4) is 17.2 Å². The third kappa shape index (κ3) is 5.66. The minimum Gasteiger partial charge on any atom is -0.489 e. The van der Waals surface area contributed by atoms with Crippen LogP contribution in [0.2, 0.25) is 5.02 Å². The van der Waals surface area contributed by atoms with Gasteiger partial charge in [0.2, 0.25) is 0 Å². The average Bonchev–Trinajstić information content (AvgIpc) is 3.39. The first-order valence-corrected chi connectivity index (χ1v) is 14.6. The zero-order valence-electron chi connectivity index (χ0n) is 21.8. The summed E-state index contributed by atoms with van der Waals surface area (Å²) in [6.07, 6.45) is 0. The van der Waals surface area contributed by atoms with Crippen molar-refractivity contribution in [3.05, 3.63) is 125 Å². The molecule has 0 radical (unpaired) electrons. The molecule has 0 aliphatic rings. The molecule has 7 nitrogen and oxygen atoms in total. The quantitative estimate of drug-likeness (QED) is 0.212. The van der Waals surface area contributed by atoms with Gasteiger partial charge in [0, 0.05) is 21.4 Å². The lowest BCUT2D eigenvalue weighted by Gasteiger charge is -2.10. The first-order valence-electron chi connectivity index (χ1n) is 12.7. The van der Waals surface area contributed by atoms with Gasteiger partial charge in [-0.15, -0.1) is 0 Å². The van der Waals surface area contributed by atoms with Gasteiger partial charge in [-0.2, -0.15) is 0 Å². The van der Waals surface area contributed by atoms with Gasteiger partial charge in [0.1, 0.15) is 23.6 Å². The summed E-state index contributed by atoms with van der Waals surface area (Å²) in [5, 5.41) is 2.45. The fourth-order valence-electron chi connectivity index (χ4n) is 4.53. The number of carbonyl (C=O) groups is 1. The molecule has 4 aromatic carbocycles.